The van der Waals surface area contributed by atoms with E-state index in [2.05, 4.69) is 27.8 Å². The first-order valence-electron chi connectivity index (χ1n) is 7.77. The predicted molar refractivity (Wildman–Crippen MR) is 81.4 cm³/mol. The molecule has 1 amide bonds. The molecule has 0 aromatic carbocycles. The summed E-state index contributed by atoms with van der Waals surface area (Å²) >= 11 is 0. The van der Waals surface area contributed by atoms with Gasteiger partial charge in [0.15, 0.2) is 5.69 Å². The minimum Gasteiger partial charge on any atom is -0.376 e. The second kappa shape index (κ2) is 8.56. The molecule has 1 fully saturated rings. The molecule has 1 aliphatic rings. The van der Waals surface area contributed by atoms with E-state index in [1.807, 2.05) is 0 Å². The van der Waals surface area contributed by atoms with Crippen LogP contribution in [0.3, 0.4) is 0 Å². The Morgan fingerprint density at radius 1 is 1.29 bits per heavy atom. The predicted octanol–water partition coefficient (Wildman–Crippen LogP) is 1.99. The lowest BCUT2D eigenvalue weighted by Gasteiger charge is -2.11. The van der Waals surface area contributed by atoms with Gasteiger partial charge in [0.2, 0.25) is 0 Å². The molecule has 0 bridgehead atoms. The summed E-state index contributed by atoms with van der Waals surface area (Å²) in [6.07, 6.45) is 6.20. The Bertz CT molecular complexity index is 430. The summed E-state index contributed by atoms with van der Waals surface area (Å²) in [5.41, 5.74) is 0.331. The number of ether oxygens (including phenoxy) is 1. The summed E-state index contributed by atoms with van der Waals surface area (Å²) in [6, 6.07) is 3.45. The highest BCUT2D eigenvalue weighted by Gasteiger charge is 2.15. The maximum atomic E-state index is 11.9. The number of anilines is 1. The zero-order valence-electron chi connectivity index (χ0n) is 12.6. The standard InChI is InChI=1S/C15H24N4O2/c1-2-9-16-14-8-7-13(18-19-14)15(20)17-10-11-21-12-5-3-4-6-12/h7-8,12H,2-6,9-11H2,1H3,(H,16,19)(H,17,20). The first-order chi connectivity index (χ1) is 10.3. The molecule has 1 aliphatic carbocycles. The summed E-state index contributed by atoms with van der Waals surface area (Å²) in [5, 5.41) is 13.8. The quantitative estimate of drug-likeness (QED) is 0.717. The molecular weight excluding hydrogens is 268 g/mol. The number of nitrogens with one attached hydrogen (secondary N) is 2. The highest BCUT2D eigenvalue weighted by Crippen LogP contribution is 2.20. The average Bonchev–Trinajstić information content (AvgIpc) is 3.03. The number of rotatable bonds is 8. The number of carbonyl (C=O) groups is 1. The van der Waals surface area contributed by atoms with Crippen molar-refractivity contribution in [2.45, 2.75) is 45.1 Å². The minimum absolute atomic E-state index is 0.209. The number of amides is 1. The van der Waals surface area contributed by atoms with Gasteiger partial charge in [0.25, 0.3) is 5.91 Å². The monoisotopic (exact) mass is 292 g/mol. The van der Waals surface area contributed by atoms with Crippen LogP contribution in [0.1, 0.15) is 49.5 Å². The SMILES string of the molecule is CCCNc1ccc(C(=O)NCCOC2CCCC2)nn1. The number of hydrogen-bond donors (Lipinski definition) is 2. The highest BCUT2D eigenvalue weighted by molar-refractivity contribution is 5.92. The van der Waals surface area contributed by atoms with Gasteiger partial charge in [-0.1, -0.05) is 19.8 Å². The fourth-order valence-electron chi connectivity index (χ4n) is 2.34. The Balaban J connectivity index is 1.67. The summed E-state index contributed by atoms with van der Waals surface area (Å²) < 4.78 is 5.69. The molecule has 0 aliphatic heterocycles. The zero-order valence-corrected chi connectivity index (χ0v) is 12.6. The zero-order chi connectivity index (χ0) is 14.9. The van der Waals surface area contributed by atoms with Gasteiger partial charge in [0.05, 0.1) is 12.7 Å². The van der Waals surface area contributed by atoms with Crippen LogP contribution in [0.15, 0.2) is 12.1 Å². The molecule has 0 atom stereocenters. The van der Waals surface area contributed by atoms with Crippen molar-refractivity contribution in [2.24, 2.45) is 0 Å². The molecule has 0 spiro atoms. The van der Waals surface area contributed by atoms with Crippen LogP contribution >= 0.6 is 0 Å². The number of aromatic nitrogens is 2. The van der Waals surface area contributed by atoms with E-state index in [0.717, 1.165) is 25.8 Å². The molecule has 2 N–H and O–H groups in total. The van der Waals surface area contributed by atoms with Crippen LogP contribution in [0, 0.1) is 0 Å². The number of hydrogen-bond acceptors (Lipinski definition) is 5. The molecular formula is C15H24N4O2. The molecule has 0 saturated heterocycles. The van der Waals surface area contributed by atoms with Gasteiger partial charge >= 0.3 is 0 Å². The highest BCUT2D eigenvalue weighted by atomic mass is 16.5. The maximum absolute atomic E-state index is 11.9. The van der Waals surface area contributed by atoms with Gasteiger partial charge in [-0.25, -0.2) is 0 Å². The molecule has 0 radical (unpaired) electrons. The van der Waals surface area contributed by atoms with Crippen LogP contribution in [0.5, 0.6) is 0 Å². The van der Waals surface area contributed by atoms with Crippen molar-refractivity contribution in [1.29, 1.82) is 0 Å². The molecule has 21 heavy (non-hydrogen) atoms. The van der Waals surface area contributed by atoms with Gasteiger partial charge in [-0.2, -0.15) is 0 Å². The average molecular weight is 292 g/mol. The first-order valence-corrected chi connectivity index (χ1v) is 7.77. The van der Waals surface area contributed by atoms with Gasteiger partial charge in [-0.15, -0.1) is 10.2 Å². The molecule has 2 rings (SSSR count). The molecule has 6 heteroatoms. The van der Waals surface area contributed by atoms with Gasteiger partial charge in [0.1, 0.15) is 5.82 Å². The third-order valence-electron chi connectivity index (χ3n) is 3.50. The Morgan fingerprint density at radius 2 is 2.10 bits per heavy atom. The van der Waals surface area contributed by atoms with E-state index in [4.69, 9.17) is 4.74 Å². The Labute approximate surface area is 125 Å². The molecule has 1 aromatic rings. The van der Waals surface area contributed by atoms with E-state index < -0.39 is 0 Å². The molecule has 1 aromatic heterocycles. The fourth-order valence-corrected chi connectivity index (χ4v) is 2.34. The smallest absolute Gasteiger partial charge is 0.271 e. The third kappa shape index (κ3) is 5.30. The molecule has 6 nitrogen and oxygen atoms in total. The lowest BCUT2D eigenvalue weighted by atomic mass is 10.3. The van der Waals surface area contributed by atoms with Crippen molar-refractivity contribution < 1.29 is 9.53 Å². The van der Waals surface area contributed by atoms with Crippen molar-refractivity contribution in [3.63, 3.8) is 0 Å². The first kappa shape index (κ1) is 15.7. The second-order valence-electron chi connectivity index (χ2n) is 5.26. The van der Waals surface area contributed by atoms with Gasteiger partial charge in [0, 0.05) is 13.1 Å². The third-order valence-corrected chi connectivity index (χ3v) is 3.50. The lowest BCUT2D eigenvalue weighted by Crippen LogP contribution is -2.29. The largest absolute Gasteiger partial charge is 0.376 e. The summed E-state index contributed by atoms with van der Waals surface area (Å²) in [5.74, 6) is 0.484. The Morgan fingerprint density at radius 3 is 2.76 bits per heavy atom. The van der Waals surface area contributed by atoms with Crippen molar-refractivity contribution in [3.05, 3.63) is 17.8 Å². The summed E-state index contributed by atoms with van der Waals surface area (Å²) in [4.78, 5) is 11.9. The number of carbonyl (C=O) groups excluding carboxylic acids is 1. The van der Waals surface area contributed by atoms with E-state index in [-0.39, 0.29) is 5.91 Å². The maximum Gasteiger partial charge on any atom is 0.271 e. The van der Waals surface area contributed by atoms with Gasteiger partial charge < -0.3 is 15.4 Å². The van der Waals surface area contributed by atoms with E-state index in [1.165, 1.54) is 12.8 Å². The molecule has 116 valence electrons. The summed E-state index contributed by atoms with van der Waals surface area (Å²) in [7, 11) is 0. The molecule has 0 unspecified atom stereocenters. The Kier molecular flexibility index (Phi) is 6.40. The minimum atomic E-state index is -0.209. The van der Waals surface area contributed by atoms with Crippen molar-refractivity contribution in [1.82, 2.24) is 15.5 Å². The van der Waals surface area contributed by atoms with Crippen LogP contribution in [-0.2, 0) is 4.74 Å². The van der Waals surface area contributed by atoms with Crippen molar-refractivity contribution in [3.8, 4) is 0 Å². The molecule has 1 heterocycles. The van der Waals surface area contributed by atoms with E-state index >= 15 is 0 Å². The Hall–Kier alpha value is -1.69. The van der Waals surface area contributed by atoms with Crippen molar-refractivity contribution >= 4 is 11.7 Å². The van der Waals surface area contributed by atoms with Crippen LogP contribution in [-0.4, -0.2) is 41.9 Å². The van der Waals surface area contributed by atoms with Crippen LogP contribution < -0.4 is 10.6 Å². The molecule has 1 saturated carbocycles. The van der Waals surface area contributed by atoms with Crippen molar-refractivity contribution in [2.75, 3.05) is 25.0 Å². The van der Waals surface area contributed by atoms with Crippen LogP contribution in [0.25, 0.3) is 0 Å². The normalized spacial score (nSPS) is 15.1. The fraction of sp³-hybridized carbons (Fsp3) is 0.667. The lowest BCUT2D eigenvalue weighted by molar-refractivity contribution is 0.0581. The number of nitrogens with zero attached hydrogens (tertiary/aromatic N) is 2. The van der Waals surface area contributed by atoms with Crippen LogP contribution in [0.4, 0.5) is 5.82 Å². The summed E-state index contributed by atoms with van der Waals surface area (Å²) in [6.45, 7) is 3.99. The van der Waals surface area contributed by atoms with Crippen LogP contribution in [0.2, 0.25) is 0 Å². The van der Waals surface area contributed by atoms with E-state index in [9.17, 15) is 4.79 Å². The van der Waals surface area contributed by atoms with E-state index in [1.54, 1.807) is 12.1 Å². The van der Waals surface area contributed by atoms with Gasteiger partial charge in [-0.05, 0) is 31.4 Å². The topological polar surface area (TPSA) is 76.1 Å². The van der Waals surface area contributed by atoms with Gasteiger partial charge in [-0.3, -0.25) is 4.79 Å². The van der Waals surface area contributed by atoms with E-state index in [0.29, 0.717) is 30.8 Å². The second-order valence-corrected chi connectivity index (χ2v) is 5.26.